The quantitative estimate of drug-likeness (QED) is 0.546. The first kappa shape index (κ1) is 23.8. The summed E-state index contributed by atoms with van der Waals surface area (Å²) in [4.78, 5) is 34.4. The average molecular weight is 465 g/mol. The average Bonchev–Trinajstić information content (AvgIpc) is 3.29. The number of nitrogens with one attached hydrogen (secondary N) is 1. The fourth-order valence-corrected chi connectivity index (χ4v) is 4.29. The molecule has 0 aliphatic carbocycles. The number of rotatable bonds is 8. The molecule has 0 saturated carbocycles. The lowest BCUT2D eigenvalue weighted by Gasteiger charge is -2.33. The summed E-state index contributed by atoms with van der Waals surface area (Å²) in [5.74, 6) is -0.363. The molecule has 0 atom stereocenters. The van der Waals surface area contributed by atoms with Crippen LogP contribution in [0, 0.1) is 19.8 Å². The van der Waals surface area contributed by atoms with E-state index in [2.05, 4.69) is 15.2 Å². The highest BCUT2D eigenvalue weighted by molar-refractivity contribution is 5.95. The zero-order valence-corrected chi connectivity index (χ0v) is 20.0. The third kappa shape index (κ3) is 5.39. The second-order valence-electron chi connectivity index (χ2n) is 8.77. The van der Waals surface area contributed by atoms with Gasteiger partial charge in [-0.1, -0.05) is 24.3 Å². The summed E-state index contributed by atoms with van der Waals surface area (Å²) >= 11 is 0. The number of fused-ring (bicyclic) bond motifs is 1. The molecular weight excluding hydrogens is 432 g/mol. The van der Waals surface area contributed by atoms with Crippen LogP contribution in [0.3, 0.4) is 0 Å². The Morgan fingerprint density at radius 2 is 1.91 bits per heavy atom. The molecular formula is C26H32N4O4. The van der Waals surface area contributed by atoms with Gasteiger partial charge in [-0.15, -0.1) is 0 Å². The van der Waals surface area contributed by atoms with E-state index < -0.39 is 0 Å². The smallest absolute Gasteiger partial charge is 0.298 e. The van der Waals surface area contributed by atoms with Crippen LogP contribution in [0.25, 0.3) is 11.1 Å². The van der Waals surface area contributed by atoms with Crippen LogP contribution in [-0.4, -0.2) is 61.6 Å². The lowest BCUT2D eigenvalue weighted by molar-refractivity contribution is -0.139. The minimum absolute atomic E-state index is 0.000911. The van der Waals surface area contributed by atoms with Gasteiger partial charge in [0, 0.05) is 38.3 Å². The van der Waals surface area contributed by atoms with E-state index in [1.807, 2.05) is 56.3 Å². The number of methoxy groups -OCH3 is 1. The minimum atomic E-state index is -0.206. The molecule has 8 nitrogen and oxygen atoms in total. The van der Waals surface area contributed by atoms with Crippen molar-refractivity contribution in [1.82, 2.24) is 9.88 Å². The number of amides is 2. The maximum absolute atomic E-state index is 13.3. The van der Waals surface area contributed by atoms with Gasteiger partial charge < -0.3 is 24.3 Å². The highest BCUT2D eigenvalue weighted by Gasteiger charge is 2.31. The van der Waals surface area contributed by atoms with Crippen LogP contribution < -0.4 is 10.2 Å². The molecule has 1 aliphatic rings. The monoisotopic (exact) mass is 464 g/mol. The number of nitrogens with zero attached hydrogens (tertiary/aromatic N) is 3. The topological polar surface area (TPSA) is 87.9 Å². The first-order valence-electron chi connectivity index (χ1n) is 11.7. The van der Waals surface area contributed by atoms with Crippen molar-refractivity contribution in [2.75, 3.05) is 50.1 Å². The van der Waals surface area contributed by atoms with Crippen LogP contribution in [-0.2, 0) is 14.3 Å². The molecule has 2 heterocycles. The van der Waals surface area contributed by atoms with E-state index in [0.29, 0.717) is 45.1 Å². The Bertz CT molecular complexity index is 1120. The Morgan fingerprint density at radius 1 is 1.15 bits per heavy atom. The Balaban J connectivity index is 1.37. The summed E-state index contributed by atoms with van der Waals surface area (Å²) in [6, 6.07) is 14.1. The summed E-state index contributed by atoms with van der Waals surface area (Å²) in [5.41, 5.74) is 4.50. The molecule has 0 unspecified atom stereocenters. The summed E-state index contributed by atoms with van der Waals surface area (Å²) in [6.45, 7) is 6.09. The fraction of sp³-hybridized carbons (Fsp3) is 0.423. The summed E-state index contributed by atoms with van der Waals surface area (Å²) in [7, 11) is 1.59. The number of carbonyl (C=O) groups excluding carboxylic acids is 2. The van der Waals surface area contributed by atoms with Gasteiger partial charge in [0.05, 0.1) is 13.2 Å². The van der Waals surface area contributed by atoms with Crippen molar-refractivity contribution >= 4 is 34.6 Å². The van der Waals surface area contributed by atoms with E-state index >= 15 is 0 Å². The standard InChI is InChI=1S/C26H32N4O4/c1-18-7-6-9-21(19(18)2)27-24(31)17-30(15-16-33-3)25(32)20-11-13-29(14-12-20)26-28-22-8-4-5-10-23(22)34-26/h4-10,20H,11-17H2,1-3H3,(H,27,31). The molecule has 0 radical (unpaired) electrons. The molecule has 0 bridgehead atoms. The van der Waals surface area contributed by atoms with Crippen molar-refractivity contribution < 1.29 is 18.7 Å². The number of aromatic nitrogens is 1. The first-order valence-corrected chi connectivity index (χ1v) is 11.7. The minimum Gasteiger partial charge on any atom is -0.423 e. The van der Waals surface area contributed by atoms with Crippen molar-refractivity contribution in [2.45, 2.75) is 26.7 Å². The van der Waals surface area contributed by atoms with Crippen molar-refractivity contribution in [2.24, 2.45) is 5.92 Å². The van der Waals surface area contributed by atoms with Crippen molar-refractivity contribution in [1.29, 1.82) is 0 Å². The van der Waals surface area contributed by atoms with E-state index in [9.17, 15) is 9.59 Å². The van der Waals surface area contributed by atoms with Gasteiger partial charge in [-0.2, -0.15) is 4.98 Å². The van der Waals surface area contributed by atoms with Gasteiger partial charge in [0.15, 0.2) is 5.58 Å². The molecule has 2 amide bonds. The number of hydrogen-bond acceptors (Lipinski definition) is 6. The van der Waals surface area contributed by atoms with Gasteiger partial charge in [0.1, 0.15) is 5.52 Å². The highest BCUT2D eigenvalue weighted by Crippen LogP contribution is 2.27. The van der Waals surface area contributed by atoms with Crippen LogP contribution >= 0.6 is 0 Å². The molecule has 3 aromatic rings. The van der Waals surface area contributed by atoms with E-state index in [1.54, 1.807) is 12.0 Å². The van der Waals surface area contributed by atoms with Crippen LogP contribution in [0.15, 0.2) is 46.9 Å². The van der Waals surface area contributed by atoms with Crippen molar-refractivity contribution in [3.63, 3.8) is 0 Å². The fourth-order valence-electron chi connectivity index (χ4n) is 4.29. The number of oxazole rings is 1. The van der Waals surface area contributed by atoms with Gasteiger partial charge in [-0.05, 0) is 56.0 Å². The molecule has 2 aromatic carbocycles. The summed E-state index contributed by atoms with van der Waals surface area (Å²) < 4.78 is 11.1. The van der Waals surface area contributed by atoms with Crippen molar-refractivity contribution in [3.05, 3.63) is 53.6 Å². The summed E-state index contributed by atoms with van der Waals surface area (Å²) in [6.07, 6.45) is 1.36. The Kier molecular flexibility index (Phi) is 7.47. The second-order valence-corrected chi connectivity index (χ2v) is 8.77. The third-order valence-electron chi connectivity index (χ3n) is 6.49. The zero-order valence-electron chi connectivity index (χ0n) is 20.0. The van der Waals surface area contributed by atoms with Gasteiger partial charge >= 0.3 is 0 Å². The second kappa shape index (κ2) is 10.7. The zero-order chi connectivity index (χ0) is 24.1. The Labute approximate surface area is 199 Å². The number of anilines is 2. The van der Waals surface area contributed by atoms with Gasteiger partial charge in [-0.3, -0.25) is 9.59 Å². The number of piperidine rings is 1. The largest absolute Gasteiger partial charge is 0.423 e. The molecule has 4 rings (SSSR count). The SMILES string of the molecule is COCCN(CC(=O)Nc1cccc(C)c1C)C(=O)C1CCN(c2nc3ccccc3o2)CC1. The molecule has 0 spiro atoms. The highest BCUT2D eigenvalue weighted by atomic mass is 16.5. The van der Waals surface area contributed by atoms with E-state index in [-0.39, 0.29) is 24.3 Å². The predicted molar refractivity (Wildman–Crippen MR) is 132 cm³/mol. The Morgan fingerprint density at radius 3 is 2.65 bits per heavy atom. The lowest BCUT2D eigenvalue weighted by Crippen LogP contribution is -2.46. The maximum atomic E-state index is 13.3. The number of para-hydroxylation sites is 2. The normalized spacial score (nSPS) is 14.4. The first-order chi connectivity index (χ1) is 16.5. The number of hydrogen-bond donors (Lipinski definition) is 1. The molecule has 180 valence electrons. The van der Waals surface area contributed by atoms with Crippen LogP contribution in [0.5, 0.6) is 0 Å². The number of ether oxygens (including phenoxy) is 1. The molecule has 34 heavy (non-hydrogen) atoms. The lowest BCUT2D eigenvalue weighted by atomic mass is 9.95. The van der Waals surface area contributed by atoms with Gasteiger partial charge in [0.25, 0.3) is 6.01 Å². The van der Waals surface area contributed by atoms with E-state index in [1.165, 1.54) is 0 Å². The summed E-state index contributed by atoms with van der Waals surface area (Å²) in [5, 5.41) is 2.95. The van der Waals surface area contributed by atoms with E-state index in [4.69, 9.17) is 9.15 Å². The van der Waals surface area contributed by atoms with Crippen LogP contribution in [0.1, 0.15) is 24.0 Å². The number of aryl methyl sites for hydroxylation is 1. The third-order valence-corrected chi connectivity index (χ3v) is 6.49. The molecule has 1 aromatic heterocycles. The van der Waals surface area contributed by atoms with E-state index in [0.717, 1.165) is 27.9 Å². The predicted octanol–water partition coefficient (Wildman–Crippen LogP) is 3.77. The molecule has 1 fully saturated rings. The van der Waals surface area contributed by atoms with Crippen molar-refractivity contribution in [3.8, 4) is 0 Å². The van der Waals surface area contributed by atoms with Crippen LogP contribution in [0.4, 0.5) is 11.7 Å². The number of benzene rings is 2. The molecule has 8 heteroatoms. The maximum Gasteiger partial charge on any atom is 0.298 e. The van der Waals surface area contributed by atoms with Gasteiger partial charge in [0.2, 0.25) is 11.8 Å². The Hall–Kier alpha value is -3.39. The molecule has 1 N–H and O–H groups in total. The van der Waals surface area contributed by atoms with Crippen LogP contribution in [0.2, 0.25) is 0 Å². The van der Waals surface area contributed by atoms with Gasteiger partial charge in [-0.25, -0.2) is 0 Å². The molecule has 1 saturated heterocycles. The number of carbonyl (C=O) groups is 2. The molecule has 1 aliphatic heterocycles.